The van der Waals surface area contributed by atoms with Crippen molar-refractivity contribution in [3.05, 3.63) is 52.5 Å². The maximum absolute atomic E-state index is 13.2. The first-order chi connectivity index (χ1) is 14.4. The second-order valence-electron chi connectivity index (χ2n) is 8.07. The van der Waals surface area contributed by atoms with Crippen LogP contribution in [0.2, 0.25) is 0 Å². The number of fused-ring (bicyclic) bond motifs is 1. The van der Waals surface area contributed by atoms with Crippen LogP contribution in [-0.4, -0.2) is 32.3 Å². The Kier molecular flexibility index (Phi) is 5.54. The molecular formula is C21H26N6O3. The number of nitrogens with zero attached hydrogens (tertiary/aromatic N) is 4. The molecule has 3 heterocycles. The van der Waals surface area contributed by atoms with Crippen molar-refractivity contribution in [2.45, 2.75) is 45.2 Å². The van der Waals surface area contributed by atoms with E-state index in [1.807, 2.05) is 19.9 Å². The zero-order valence-electron chi connectivity index (χ0n) is 17.1. The van der Waals surface area contributed by atoms with Crippen molar-refractivity contribution in [2.75, 3.05) is 17.2 Å². The van der Waals surface area contributed by atoms with E-state index in [-0.39, 0.29) is 30.2 Å². The third-order valence-corrected chi connectivity index (χ3v) is 5.54. The molecule has 3 aromatic heterocycles. The SMILES string of the molecule is CC(C)n1ccc2cc(Nc3c[n+]([O-])ccn3)nc(N[C@H]3CC[C@@H](CO)C3)c2c1=O. The lowest BCUT2D eigenvalue weighted by atomic mass is 10.1. The molecule has 30 heavy (non-hydrogen) atoms. The molecule has 9 heteroatoms. The van der Waals surface area contributed by atoms with Crippen LogP contribution in [0.25, 0.3) is 10.8 Å². The highest BCUT2D eigenvalue weighted by Crippen LogP contribution is 2.30. The van der Waals surface area contributed by atoms with Gasteiger partial charge in [0.1, 0.15) is 11.6 Å². The van der Waals surface area contributed by atoms with E-state index in [4.69, 9.17) is 0 Å². The maximum atomic E-state index is 13.2. The highest BCUT2D eigenvalue weighted by molar-refractivity contribution is 5.93. The fourth-order valence-corrected chi connectivity index (χ4v) is 3.99. The predicted molar refractivity (Wildman–Crippen MR) is 115 cm³/mol. The Balaban J connectivity index is 1.77. The van der Waals surface area contributed by atoms with Gasteiger partial charge in [-0.05, 0) is 56.5 Å². The number of aliphatic hydroxyl groups excluding tert-OH is 1. The minimum absolute atomic E-state index is 0.0267. The van der Waals surface area contributed by atoms with Gasteiger partial charge in [0.2, 0.25) is 6.20 Å². The highest BCUT2D eigenvalue weighted by atomic mass is 16.5. The Morgan fingerprint density at radius 1 is 1.37 bits per heavy atom. The fraction of sp³-hybridized carbons (Fsp3) is 0.429. The van der Waals surface area contributed by atoms with E-state index in [0.29, 0.717) is 27.6 Å². The molecule has 4 rings (SSSR count). The van der Waals surface area contributed by atoms with E-state index in [2.05, 4.69) is 20.6 Å². The van der Waals surface area contributed by atoms with Crippen LogP contribution in [0.5, 0.6) is 0 Å². The monoisotopic (exact) mass is 410 g/mol. The molecular weight excluding hydrogens is 384 g/mol. The predicted octanol–water partition coefficient (Wildman–Crippen LogP) is 2.32. The average Bonchev–Trinajstić information content (AvgIpc) is 3.15. The van der Waals surface area contributed by atoms with Crippen molar-refractivity contribution in [3.8, 4) is 0 Å². The Bertz CT molecular complexity index is 1110. The first-order valence-electron chi connectivity index (χ1n) is 10.2. The Morgan fingerprint density at radius 3 is 2.90 bits per heavy atom. The first-order valence-corrected chi connectivity index (χ1v) is 10.2. The van der Waals surface area contributed by atoms with E-state index in [0.717, 1.165) is 24.6 Å². The summed E-state index contributed by atoms with van der Waals surface area (Å²) in [6.45, 7) is 4.10. The number of aliphatic hydroxyl groups is 1. The van der Waals surface area contributed by atoms with Crippen molar-refractivity contribution in [1.29, 1.82) is 0 Å². The van der Waals surface area contributed by atoms with Gasteiger partial charge in [-0.25, -0.2) is 9.97 Å². The van der Waals surface area contributed by atoms with Gasteiger partial charge >= 0.3 is 0 Å². The third-order valence-electron chi connectivity index (χ3n) is 5.54. The van der Waals surface area contributed by atoms with Crippen molar-refractivity contribution in [3.63, 3.8) is 0 Å². The number of pyridine rings is 2. The molecule has 158 valence electrons. The summed E-state index contributed by atoms with van der Waals surface area (Å²) in [6, 6.07) is 3.84. The minimum atomic E-state index is -0.101. The molecule has 0 aliphatic heterocycles. The van der Waals surface area contributed by atoms with E-state index in [1.165, 1.54) is 18.6 Å². The van der Waals surface area contributed by atoms with Gasteiger partial charge in [0, 0.05) is 24.9 Å². The molecule has 0 saturated heterocycles. The number of aromatic nitrogens is 4. The smallest absolute Gasteiger partial charge is 0.262 e. The zero-order chi connectivity index (χ0) is 21.3. The molecule has 0 bridgehead atoms. The van der Waals surface area contributed by atoms with Crippen molar-refractivity contribution < 1.29 is 9.84 Å². The Hall–Kier alpha value is -3.20. The number of nitrogens with one attached hydrogen (secondary N) is 2. The van der Waals surface area contributed by atoms with E-state index in [1.54, 1.807) is 16.8 Å². The number of hydrogen-bond acceptors (Lipinski definition) is 7. The second kappa shape index (κ2) is 8.27. The summed E-state index contributed by atoms with van der Waals surface area (Å²) in [5.41, 5.74) is -0.101. The summed E-state index contributed by atoms with van der Waals surface area (Å²) >= 11 is 0. The molecule has 0 spiro atoms. The molecule has 3 aromatic rings. The molecule has 1 aliphatic rings. The topological polar surface area (TPSA) is 119 Å². The van der Waals surface area contributed by atoms with Gasteiger partial charge in [0.25, 0.3) is 5.56 Å². The van der Waals surface area contributed by atoms with Crippen molar-refractivity contribution in [2.24, 2.45) is 5.92 Å². The van der Waals surface area contributed by atoms with Crippen LogP contribution in [0.1, 0.15) is 39.2 Å². The quantitative estimate of drug-likeness (QED) is 0.421. The largest absolute Gasteiger partial charge is 0.619 e. The van der Waals surface area contributed by atoms with Gasteiger partial charge in [0.05, 0.1) is 11.6 Å². The van der Waals surface area contributed by atoms with Crippen LogP contribution in [0, 0.1) is 11.1 Å². The van der Waals surface area contributed by atoms with Crippen molar-refractivity contribution >= 4 is 28.2 Å². The number of hydrogen-bond donors (Lipinski definition) is 3. The molecule has 1 aliphatic carbocycles. The number of rotatable bonds is 6. The van der Waals surface area contributed by atoms with E-state index < -0.39 is 0 Å². The van der Waals surface area contributed by atoms with E-state index >= 15 is 0 Å². The lowest BCUT2D eigenvalue weighted by molar-refractivity contribution is -0.605. The molecule has 0 aromatic carbocycles. The summed E-state index contributed by atoms with van der Waals surface area (Å²) in [5, 5.41) is 28.7. The maximum Gasteiger partial charge on any atom is 0.262 e. The van der Waals surface area contributed by atoms with Gasteiger partial charge in [-0.1, -0.05) is 0 Å². The Morgan fingerprint density at radius 2 is 2.20 bits per heavy atom. The lowest BCUT2D eigenvalue weighted by Gasteiger charge is -2.18. The Labute approximate surface area is 174 Å². The van der Waals surface area contributed by atoms with E-state index in [9.17, 15) is 15.1 Å². The molecule has 1 fully saturated rings. The molecule has 0 amide bonds. The first kappa shape index (κ1) is 20.1. The standard InChI is InChI=1S/C21H26N6O3/c1-13(2)27-7-5-15-10-17(24-18-11-26(30)8-6-22-18)25-20(19(15)21(27)29)23-16-4-3-14(9-16)12-28/h5-8,10-11,13-14,16,28H,3-4,9,12H2,1-2H3,(H2,22,23,24,25)/t14-,16+/m1/s1. The van der Waals surface area contributed by atoms with Crippen molar-refractivity contribution in [1.82, 2.24) is 14.5 Å². The van der Waals surface area contributed by atoms with Gasteiger partial charge < -0.3 is 25.5 Å². The van der Waals surface area contributed by atoms with Crippen LogP contribution in [0.3, 0.4) is 0 Å². The summed E-state index contributed by atoms with van der Waals surface area (Å²) in [6.07, 6.45) is 8.50. The van der Waals surface area contributed by atoms with Crippen LogP contribution in [-0.2, 0) is 0 Å². The molecule has 2 atom stereocenters. The van der Waals surface area contributed by atoms with Gasteiger partial charge in [-0.15, -0.1) is 0 Å². The highest BCUT2D eigenvalue weighted by Gasteiger charge is 2.25. The van der Waals surface area contributed by atoms with Crippen LogP contribution >= 0.6 is 0 Å². The molecule has 0 radical (unpaired) electrons. The van der Waals surface area contributed by atoms with Gasteiger partial charge in [-0.3, -0.25) is 4.79 Å². The average molecular weight is 410 g/mol. The zero-order valence-corrected chi connectivity index (χ0v) is 17.1. The second-order valence-corrected chi connectivity index (χ2v) is 8.07. The van der Waals surface area contributed by atoms with Crippen LogP contribution in [0.4, 0.5) is 17.5 Å². The van der Waals surface area contributed by atoms with Gasteiger partial charge in [0.15, 0.2) is 12.0 Å². The molecule has 1 saturated carbocycles. The summed E-state index contributed by atoms with van der Waals surface area (Å²) < 4.78 is 2.34. The summed E-state index contributed by atoms with van der Waals surface area (Å²) in [7, 11) is 0. The molecule has 9 nitrogen and oxygen atoms in total. The number of anilines is 3. The summed E-state index contributed by atoms with van der Waals surface area (Å²) in [5.74, 6) is 1.62. The normalized spacial score (nSPS) is 18.8. The minimum Gasteiger partial charge on any atom is -0.619 e. The fourth-order valence-electron chi connectivity index (χ4n) is 3.99. The van der Waals surface area contributed by atoms with Crippen LogP contribution < -0.4 is 20.9 Å². The summed E-state index contributed by atoms with van der Waals surface area (Å²) in [4.78, 5) is 22.0. The third kappa shape index (κ3) is 4.06. The van der Waals surface area contributed by atoms with Crippen LogP contribution in [0.15, 0.2) is 41.7 Å². The lowest BCUT2D eigenvalue weighted by Crippen LogP contribution is -2.25. The molecule has 0 unspecified atom stereocenters. The van der Waals surface area contributed by atoms with Gasteiger partial charge in [-0.2, -0.15) is 4.73 Å². The molecule has 3 N–H and O–H groups in total.